The summed E-state index contributed by atoms with van der Waals surface area (Å²) in [5.74, 6) is -0.444. The molecule has 0 aliphatic heterocycles. The van der Waals surface area contributed by atoms with Crippen LogP contribution in [0.3, 0.4) is 0 Å². The van der Waals surface area contributed by atoms with Crippen LogP contribution in [0.15, 0.2) is 11.1 Å². The molecule has 0 amide bonds. The Balaban J connectivity index is 2.78. The first-order valence-electron chi connectivity index (χ1n) is 4.71. The van der Waals surface area contributed by atoms with Crippen LogP contribution in [0.25, 0.3) is 0 Å². The molecule has 0 saturated heterocycles. The van der Waals surface area contributed by atoms with Crippen molar-refractivity contribution in [2.45, 2.75) is 33.1 Å². The van der Waals surface area contributed by atoms with Crippen molar-refractivity contribution in [3.05, 3.63) is 11.1 Å². The van der Waals surface area contributed by atoms with Crippen LogP contribution in [0, 0.1) is 17.3 Å². The van der Waals surface area contributed by atoms with Gasteiger partial charge in [0.25, 0.3) is 0 Å². The van der Waals surface area contributed by atoms with Crippen LogP contribution < -0.4 is 0 Å². The summed E-state index contributed by atoms with van der Waals surface area (Å²) in [6.45, 7) is 5.24. The SMILES string of the molecule is CC(O)C1C(C=C(Cl)C(F)(F)F)C1(C)C. The molecule has 1 aliphatic rings. The zero-order valence-corrected chi connectivity index (χ0v) is 9.52. The molecular weight excluding hydrogens is 229 g/mol. The van der Waals surface area contributed by atoms with E-state index in [9.17, 15) is 18.3 Å². The number of alkyl halides is 3. The summed E-state index contributed by atoms with van der Waals surface area (Å²) < 4.78 is 36.5. The molecule has 0 heterocycles. The van der Waals surface area contributed by atoms with Crippen LogP contribution in [0.4, 0.5) is 13.2 Å². The highest BCUT2D eigenvalue weighted by atomic mass is 35.5. The van der Waals surface area contributed by atoms with E-state index in [4.69, 9.17) is 11.6 Å². The van der Waals surface area contributed by atoms with E-state index >= 15 is 0 Å². The molecule has 1 saturated carbocycles. The van der Waals surface area contributed by atoms with Crippen LogP contribution in [0.5, 0.6) is 0 Å². The summed E-state index contributed by atoms with van der Waals surface area (Å²) in [6, 6.07) is 0. The quantitative estimate of drug-likeness (QED) is 0.788. The molecule has 0 aromatic heterocycles. The average Bonchev–Trinajstić information content (AvgIpc) is 2.50. The Labute approximate surface area is 91.9 Å². The van der Waals surface area contributed by atoms with Crippen molar-refractivity contribution in [2.24, 2.45) is 17.3 Å². The van der Waals surface area contributed by atoms with Gasteiger partial charge in [0.1, 0.15) is 5.03 Å². The molecule has 1 N–H and O–H groups in total. The summed E-state index contributed by atoms with van der Waals surface area (Å²) in [6.07, 6.45) is -4.08. The molecule has 1 rings (SSSR count). The van der Waals surface area contributed by atoms with E-state index < -0.39 is 17.3 Å². The first-order chi connectivity index (χ1) is 6.58. The lowest BCUT2D eigenvalue weighted by atomic mass is 10.1. The number of aliphatic hydroxyl groups excluding tert-OH is 1. The number of aliphatic hydroxyl groups is 1. The predicted octanol–water partition coefficient (Wildman–Crippen LogP) is 3.32. The van der Waals surface area contributed by atoms with Gasteiger partial charge in [-0.25, -0.2) is 0 Å². The van der Waals surface area contributed by atoms with Crippen LogP contribution in [-0.2, 0) is 0 Å². The highest BCUT2D eigenvalue weighted by molar-refractivity contribution is 6.30. The van der Waals surface area contributed by atoms with Gasteiger partial charge in [-0.05, 0) is 24.2 Å². The van der Waals surface area contributed by atoms with Gasteiger partial charge in [0.05, 0.1) is 6.10 Å². The molecule has 1 fully saturated rings. The van der Waals surface area contributed by atoms with Gasteiger partial charge in [0.2, 0.25) is 0 Å². The molecule has 1 nitrogen and oxygen atoms in total. The van der Waals surface area contributed by atoms with Gasteiger partial charge < -0.3 is 5.11 Å². The molecule has 0 radical (unpaired) electrons. The Morgan fingerprint density at radius 2 is 1.93 bits per heavy atom. The van der Waals surface area contributed by atoms with Gasteiger partial charge in [-0.3, -0.25) is 0 Å². The molecule has 5 heteroatoms. The van der Waals surface area contributed by atoms with Crippen molar-refractivity contribution in [1.29, 1.82) is 0 Å². The maximum absolute atomic E-state index is 12.2. The minimum Gasteiger partial charge on any atom is -0.393 e. The maximum Gasteiger partial charge on any atom is 0.426 e. The minimum atomic E-state index is -4.48. The molecule has 1 aliphatic carbocycles. The second kappa shape index (κ2) is 3.67. The largest absolute Gasteiger partial charge is 0.426 e. The van der Waals surface area contributed by atoms with E-state index in [-0.39, 0.29) is 17.3 Å². The zero-order valence-electron chi connectivity index (χ0n) is 8.77. The minimum absolute atomic E-state index is 0.145. The predicted molar refractivity (Wildman–Crippen MR) is 52.4 cm³/mol. The third-order valence-corrected chi connectivity index (χ3v) is 3.45. The lowest BCUT2D eigenvalue weighted by molar-refractivity contribution is -0.0848. The Morgan fingerprint density at radius 3 is 2.20 bits per heavy atom. The molecule has 0 aromatic rings. The van der Waals surface area contributed by atoms with Gasteiger partial charge in [-0.15, -0.1) is 0 Å². The molecule has 3 unspecified atom stereocenters. The molecular formula is C10H14ClF3O. The molecule has 3 atom stereocenters. The lowest BCUT2D eigenvalue weighted by Gasteiger charge is -2.04. The number of rotatable bonds is 2. The van der Waals surface area contributed by atoms with Gasteiger partial charge in [0, 0.05) is 0 Å². The highest BCUT2D eigenvalue weighted by Crippen LogP contribution is 2.61. The van der Waals surface area contributed by atoms with Gasteiger partial charge in [-0.1, -0.05) is 31.5 Å². The van der Waals surface area contributed by atoms with Gasteiger partial charge in [-0.2, -0.15) is 13.2 Å². The van der Waals surface area contributed by atoms with Gasteiger partial charge in [0.15, 0.2) is 0 Å². The van der Waals surface area contributed by atoms with Crippen molar-refractivity contribution in [3.8, 4) is 0 Å². The van der Waals surface area contributed by atoms with Crippen LogP contribution >= 0.6 is 11.6 Å². The number of hydrogen-bond donors (Lipinski definition) is 1. The zero-order chi connectivity index (χ0) is 12.0. The molecule has 15 heavy (non-hydrogen) atoms. The maximum atomic E-state index is 12.2. The fraction of sp³-hybridized carbons (Fsp3) is 0.800. The Morgan fingerprint density at radius 1 is 1.47 bits per heavy atom. The fourth-order valence-corrected chi connectivity index (χ4v) is 2.35. The lowest BCUT2D eigenvalue weighted by Crippen LogP contribution is -2.08. The third kappa shape index (κ3) is 2.48. The first kappa shape index (κ1) is 12.8. The van der Waals surface area contributed by atoms with Crippen molar-refractivity contribution in [2.75, 3.05) is 0 Å². The topological polar surface area (TPSA) is 20.2 Å². The van der Waals surface area contributed by atoms with E-state index in [0.29, 0.717) is 0 Å². The Hall–Kier alpha value is -0.220. The van der Waals surface area contributed by atoms with Crippen LogP contribution in [0.2, 0.25) is 0 Å². The Bertz CT molecular complexity index is 281. The van der Waals surface area contributed by atoms with Crippen molar-refractivity contribution in [1.82, 2.24) is 0 Å². The van der Waals surface area contributed by atoms with E-state index in [2.05, 4.69) is 0 Å². The van der Waals surface area contributed by atoms with E-state index in [1.165, 1.54) is 0 Å². The fourth-order valence-electron chi connectivity index (χ4n) is 2.21. The smallest absolute Gasteiger partial charge is 0.393 e. The monoisotopic (exact) mass is 242 g/mol. The second-order valence-corrected chi connectivity index (χ2v) is 5.03. The number of halogens is 4. The summed E-state index contributed by atoms with van der Waals surface area (Å²) in [7, 11) is 0. The molecule has 0 spiro atoms. The summed E-state index contributed by atoms with van der Waals surface area (Å²) in [5, 5.41) is 8.27. The van der Waals surface area contributed by atoms with Crippen molar-refractivity contribution < 1.29 is 18.3 Å². The standard InChI is InChI=1S/C10H14ClF3O/c1-5(15)8-6(9(8,2)3)4-7(11)10(12,13)14/h4-6,8,15H,1-3H3. The van der Waals surface area contributed by atoms with Crippen molar-refractivity contribution >= 4 is 11.6 Å². The molecule has 0 aromatic carbocycles. The highest BCUT2D eigenvalue weighted by Gasteiger charge is 2.59. The Kier molecular flexibility index (Phi) is 3.14. The molecule has 88 valence electrons. The van der Waals surface area contributed by atoms with E-state index in [1.54, 1.807) is 6.92 Å². The summed E-state index contributed by atoms with van der Waals surface area (Å²) >= 11 is 5.14. The van der Waals surface area contributed by atoms with Crippen molar-refractivity contribution in [3.63, 3.8) is 0 Å². The summed E-state index contributed by atoms with van der Waals surface area (Å²) in [5.41, 5.74) is -0.306. The normalized spacial score (nSPS) is 32.7. The molecule has 0 bridgehead atoms. The van der Waals surface area contributed by atoms with Crippen LogP contribution in [-0.4, -0.2) is 17.4 Å². The van der Waals surface area contributed by atoms with Gasteiger partial charge >= 0.3 is 6.18 Å². The summed E-state index contributed by atoms with van der Waals surface area (Å²) in [4.78, 5) is 0. The first-order valence-corrected chi connectivity index (χ1v) is 5.09. The number of hydrogen-bond acceptors (Lipinski definition) is 1. The second-order valence-electron chi connectivity index (χ2n) is 4.63. The third-order valence-electron chi connectivity index (χ3n) is 3.11. The number of allylic oxidation sites excluding steroid dienone is 2. The van der Waals surface area contributed by atoms with E-state index in [1.807, 2.05) is 13.8 Å². The average molecular weight is 243 g/mol. The van der Waals surface area contributed by atoms with E-state index in [0.717, 1.165) is 6.08 Å². The van der Waals surface area contributed by atoms with Crippen LogP contribution in [0.1, 0.15) is 20.8 Å².